The number of rotatable bonds is 4. The highest BCUT2D eigenvalue weighted by Crippen LogP contribution is 2.22. The van der Waals surface area contributed by atoms with Crippen LogP contribution in [0.4, 0.5) is 5.00 Å². The predicted octanol–water partition coefficient (Wildman–Crippen LogP) is 2.80. The Kier molecular flexibility index (Phi) is 5.51. The summed E-state index contributed by atoms with van der Waals surface area (Å²) in [5, 5.41) is 8.04. The minimum absolute atomic E-state index is 0.707. The molecule has 0 saturated carbocycles. The van der Waals surface area contributed by atoms with Gasteiger partial charge in [0, 0.05) is 43.8 Å². The van der Waals surface area contributed by atoms with Crippen molar-refractivity contribution in [3.63, 3.8) is 0 Å². The summed E-state index contributed by atoms with van der Waals surface area (Å²) in [5.74, 6) is 1.02. The van der Waals surface area contributed by atoms with Crippen molar-refractivity contribution >= 4 is 33.6 Å². The van der Waals surface area contributed by atoms with E-state index in [1.165, 1.54) is 9.88 Å². The van der Waals surface area contributed by atoms with Crippen molar-refractivity contribution in [2.45, 2.75) is 20.4 Å². The Morgan fingerprint density at radius 1 is 1.35 bits per heavy atom. The van der Waals surface area contributed by atoms with Gasteiger partial charge in [0.15, 0.2) is 5.96 Å². The number of aromatic nitrogens is 1. The van der Waals surface area contributed by atoms with Crippen LogP contribution in [-0.2, 0) is 6.54 Å². The van der Waals surface area contributed by atoms with Crippen LogP contribution < -0.4 is 10.2 Å². The van der Waals surface area contributed by atoms with Gasteiger partial charge in [-0.25, -0.2) is 9.98 Å². The third kappa shape index (κ3) is 4.23. The Morgan fingerprint density at radius 2 is 2.17 bits per heavy atom. The number of hydrogen-bond acceptors (Lipinski definition) is 5. The Balaban J connectivity index is 1.60. The summed E-state index contributed by atoms with van der Waals surface area (Å²) in [6.45, 7) is 9.86. The molecule has 0 amide bonds. The first kappa shape index (κ1) is 16.3. The number of nitrogens with one attached hydrogen (secondary N) is 1. The van der Waals surface area contributed by atoms with Crippen LogP contribution in [0.5, 0.6) is 0 Å². The quantitative estimate of drug-likeness (QED) is 0.681. The minimum Gasteiger partial charge on any atom is -0.360 e. The van der Waals surface area contributed by atoms with Gasteiger partial charge in [0.05, 0.1) is 16.6 Å². The normalized spacial score (nSPS) is 16.0. The summed E-state index contributed by atoms with van der Waals surface area (Å²) >= 11 is 3.54. The minimum atomic E-state index is 0.707. The van der Waals surface area contributed by atoms with Gasteiger partial charge in [0.1, 0.15) is 0 Å². The number of anilines is 1. The molecule has 3 heterocycles. The van der Waals surface area contributed by atoms with Gasteiger partial charge in [-0.15, -0.1) is 22.7 Å². The van der Waals surface area contributed by atoms with Crippen LogP contribution in [0.3, 0.4) is 0 Å². The van der Waals surface area contributed by atoms with Crippen molar-refractivity contribution in [2.24, 2.45) is 4.99 Å². The van der Waals surface area contributed by atoms with Gasteiger partial charge >= 0.3 is 0 Å². The SMILES string of the molecule is CCNC(=NCc1cnc(C)s1)N1CCN(c2cccs2)CC1. The van der Waals surface area contributed by atoms with E-state index in [1.807, 2.05) is 24.5 Å². The summed E-state index contributed by atoms with van der Waals surface area (Å²) in [5.41, 5.74) is 0. The molecule has 3 rings (SSSR count). The van der Waals surface area contributed by atoms with Gasteiger partial charge in [0.25, 0.3) is 0 Å². The van der Waals surface area contributed by atoms with Crippen molar-refractivity contribution in [1.82, 2.24) is 15.2 Å². The topological polar surface area (TPSA) is 43.8 Å². The lowest BCUT2D eigenvalue weighted by atomic mass is 10.3. The summed E-state index contributed by atoms with van der Waals surface area (Å²) in [4.78, 5) is 15.1. The molecular formula is C16H23N5S2. The number of nitrogens with zero attached hydrogens (tertiary/aromatic N) is 4. The fraction of sp³-hybridized carbons (Fsp3) is 0.500. The number of guanidine groups is 1. The van der Waals surface area contributed by atoms with E-state index in [-0.39, 0.29) is 0 Å². The van der Waals surface area contributed by atoms with Crippen LogP contribution in [0.25, 0.3) is 0 Å². The van der Waals surface area contributed by atoms with E-state index in [4.69, 9.17) is 4.99 Å². The van der Waals surface area contributed by atoms with Gasteiger partial charge in [-0.05, 0) is 31.4 Å². The fourth-order valence-corrected chi connectivity index (χ4v) is 4.15. The van der Waals surface area contributed by atoms with Gasteiger partial charge < -0.3 is 15.1 Å². The number of aliphatic imine (C=N–C) groups is 1. The summed E-state index contributed by atoms with van der Waals surface area (Å²) < 4.78 is 0. The first-order chi connectivity index (χ1) is 11.3. The van der Waals surface area contributed by atoms with E-state index < -0.39 is 0 Å². The van der Waals surface area contributed by atoms with Gasteiger partial charge in [0.2, 0.25) is 0 Å². The third-order valence-electron chi connectivity index (χ3n) is 3.79. The Morgan fingerprint density at radius 3 is 2.78 bits per heavy atom. The molecule has 5 nitrogen and oxygen atoms in total. The number of thiophene rings is 1. The maximum absolute atomic E-state index is 4.79. The van der Waals surface area contributed by atoms with Gasteiger partial charge in [-0.3, -0.25) is 0 Å². The Bertz CT molecular complexity index is 627. The predicted molar refractivity (Wildman–Crippen MR) is 99.8 cm³/mol. The Hall–Kier alpha value is -1.60. The zero-order valence-electron chi connectivity index (χ0n) is 13.7. The van der Waals surface area contributed by atoms with E-state index in [2.05, 4.69) is 44.5 Å². The molecule has 0 atom stereocenters. The van der Waals surface area contributed by atoms with Crippen molar-refractivity contribution in [3.05, 3.63) is 33.6 Å². The second-order valence-electron chi connectivity index (χ2n) is 5.44. The molecule has 1 aliphatic heterocycles. The molecule has 23 heavy (non-hydrogen) atoms. The average Bonchev–Trinajstić information content (AvgIpc) is 3.23. The van der Waals surface area contributed by atoms with Crippen LogP contribution in [0.1, 0.15) is 16.8 Å². The first-order valence-corrected chi connectivity index (χ1v) is 9.69. The van der Waals surface area contributed by atoms with Crippen molar-refractivity contribution in [1.29, 1.82) is 0 Å². The molecule has 0 aromatic carbocycles. The molecular weight excluding hydrogens is 326 g/mol. The first-order valence-electron chi connectivity index (χ1n) is 7.99. The lowest BCUT2D eigenvalue weighted by molar-refractivity contribution is 0.373. The van der Waals surface area contributed by atoms with E-state index in [0.29, 0.717) is 6.54 Å². The highest BCUT2D eigenvalue weighted by Gasteiger charge is 2.20. The van der Waals surface area contributed by atoms with Gasteiger partial charge in [-0.1, -0.05) is 0 Å². The number of aryl methyl sites for hydroxylation is 1. The maximum atomic E-state index is 4.79. The average molecular weight is 350 g/mol. The second-order valence-corrected chi connectivity index (χ2v) is 7.69. The lowest BCUT2D eigenvalue weighted by Gasteiger charge is -2.37. The maximum Gasteiger partial charge on any atom is 0.194 e. The molecule has 1 aliphatic rings. The van der Waals surface area contributed by atoms with E-state index in [1.54, 1.807) is 11.3 Å². The summed E-state index contributed by atoms with van der Waals surface area (Å²) in [7, 11) is 0. The van der Waals surface area contributed by atoms with Crippen molar-refractivity contribution < 1.29 is 0 Å². The number of thiazole rings is 1. The molecule has 0 bridgehead atoms. The standard InChI is InChI=1S/C16H23N5S2/c1-3-17-16(19-12-14-11-18-13(2)23-14)21-8-6-20(7-9-21)15-5-4-10-22-15/h4-5,10-11H,3,6-9,12H2,1-2H3,(H,17,19). The van der Waals surface area contributed by atoms with Crippen LogP contribution in [0.15, 0.2) is 28.7 Å². The van der Waals surface area contributed by atoms with Crippen LogP contribution >= 0.6 is 22.7 Å². The van der Waals surface area contributed by atoms with Gasteiger partial charge in [-0.2, -0.15) is 0 Å². The van der Waals surface area contributed by atoms with Crippen LogP contribution in [0.2, 0.25) is 0 Å². The highest BCUT2D eigenvalue weighted by molar-refractivity contribution is 7.14. The smallest absolute Gasteiger partial charge is 0.194 e. The zero-order chi connectivity index (χ0) is 16.1. The molecule has 2 aromatic rings. The second kappa shape index (κ2) is 7.79. The van der Waals surface area contributed by atoms with E-state index in [9.17, 15) is 0 Å². The molecule has 7 heteroatoms. The molecule has 0 radical (unpaired) electrons. The summed E-state index contributed by atoms with van der Waals surface area (Å²) in [6, 6.07) is 4.32. The van der Waals surface area contributed by atoms with E-state index >= 15 is 0 Å². The molecule has 2 aromatic heterocycles. The van der Waals surface area contributed by atoms with Crippen LogP contribution in [0, 0.1) is 6.92 Å². The third-order valence-corrected chi connectivity index (χ3v) is 5.61. The van der Waals surface area contributed by atoms with Crippen molar-refractivity contribution in [2.75, 3.05) is 37.6 Å². The molecule has 124 valence electrons. The highest BCUT2D eigenvalue weighted by atomic mass is 32.1. The fourth-order valence-electron chi connectivity index (χ4n) is 2.65. The molecule has 0 spiro atoms. The number of hydrogen-bond donors (Lipinski definition) is 1. The zero-order valence-corrected chi connectivity index (χ0v) is 15.3. The molecule has 1 fully saturated rings. The molecule has 1 N–H and O–H groups in total. The monoisotopic (exact) mass is 349 g/mol. The largest absolute Gasteiger partial charge is 0.360 e. The summed E-state index contributed by atoms with van der Waals surface area (Å²) in [6.07, 6.45) is 1.93. The van der Waals surface area contributed by atoms with Crippen LogP contribution in [-0.4, -0.2) is 48.6 Å². The Labute approximate surface area is 145 Å². The lowest BCUT2D eigenvalue weighted by Crippen LogP contribution is -2.52. The van der Waals surface area contributed by atoms with Crippen molar-refractivity contribution in [3.8, 4) is 0 Å². The number of piperazine rings is 1. The molecule has 0 aliphatic carbocycles. The molecule has 0 unspecified atom stereocenters. The molecule has 1 saturated heterocycles. The van der Waals surface area contributed by atoms with E-state index in [0.717, 1.165) is 43.7 Å².